The van der Waals surface area contributed by atoms with Crippen molar-refractivity contribution in [2.45, 2.75) is 26.9 Å². The van der Waals surface area contributed by atoms with E-state index in [1.54, 1.807) is 19.1 Å². The first-order chi connectivity index (χ1) is 12.0. The smallest absolute Gasteiger partial charge is 0.254 e. The molecule has 0 bridgehead atoms. The zero-order chi connectivity index (χ0) is 18.0. The molecule has 1 atom stereocenters. The summed E-state index contributed by atoms with van der Waals surface area (Å²) in [5.74, 6) is 0.361. The Hall–Kier alpha value is -2.25. The number of imidazole rings is 1. The van der Waals surface area contributed by atoms with E-state index < -0.39 is 6.10 Å². The van der Waals surface area contributed by atoms with Crippen LogP contribution in [0.5, 0.6) is 0 Å². The quantitative estimate of drug-likeness (QED) is 0.716. The maximum Gasteiger partial charge on any atom is 0.254 e. The van der Waals surface area contributed by atoms with Crippen molar-refractivity contribution in [3.8, 4) is 11.3 Å². The summed E-state index contributed by atoms with van der Waals surface area (Å²) in [6.07, 6.45) is 1.27. The number of carbonyl (C=O) groups excluding carboxylic acids is 1. The van der Waals surface area contributed by atoms with Gasteiger partial charge in [-0.15, -0.1) is 11.3 Å². The standard InChI is InChI=1S/C18H20FN3O2S/c1-11(2)10-24-12(3)17(23)21-16-15(13-4-6-14(19)7-5-13)20-18-22(16)8-9-25-18/h4-9,11-12H,10H2,1-3H3,(H,21,23)/t12-/m0/s1. The van der Waals surface area contributed by atoms with Crippen LogP contribution < -0.4 is 5.32 Å². The molecule has 0 aliphatic rings. The van der Waals surface area contributed by atoms with Crippen LogP contribution in [0.25, 0.3) is 16.2 Å². The lowest BCUT2D eigenvalue weighted by Crippen LogP contribution is -2.29. The highest BCUT2D eigenvalue weighted by Gasteiger charge is 2.21. The number of aromatic nitrogens is 2. The second kappa shape index (κ2) is 7.33. The van der Waals surface area contributed by atoms with Crippen molar-refractivity contribution in [2.75, 3.05) is 11.9 Å². The number of amides is 1. The fourth-order valence-corrected chi connectivity index (χ4v) is 3.06. The molecule has 0 aliphatic heterocycles. The van der Waals surface area contributed by atoms with Crippen molar-refractivity contribution >= 4 is 28.0 Å². The molecule has 1 aromatic carbocycles. The van der Waals surface area contributed by atoms with Crippen molar-refractivity contribution in [3.05, 3.63) is 41.7 Å². The van der Waals surface area contributed by atoms with E-state index >= 15 is 0 Å². The minimum atomic E-state index is -0.576. The number of anilines is 1. The first-order valence-corrected chi connectivity index (χ1v) is 8.97. The second-order valence-corrected chi connectivity index (χ2v) is 7.10. The van der Waals surface area contributed by atoms with Crippen LogP contribution in [0.1, 0.15) is 20.8 Å². The predicted molar refractivity (Wildman–Crippen MR) is 97.3 cm³/mol. The molecular formula is C18H20FN3O2S. The number of hydrogen-bond donors (Lipinski definition) is 1. The summed E-state index contributed by atoms with van der Waals surface area (Å²) in [6.45, 7) is 6.30. The second-order valence-electron chi connectivity index (χ2n) is 6.23. The van der Waals surface area contributed by atoms with E-state index in [-0.39, 0.29) is 11.7 Å². The molecular weight excluding hydrogens is 341 g/mol. The van der Waals surface area contributed by atoms with Crippen molar-refractivity contribution in [3.63, 3.8) is 0 Å². The van der Waals surface area contributed by atoms with Gasteiger partial charge in [-0.05, 0) is 37.1 Å². The molecule has 0 fully saturated rings. The van der Waals surface area contributed by atoms with Crippen LogP contribution in [-0.2, 0) is 9.53 Å². The zero-order valence-electron chi connectivity index (χ0n) is 14.3. The van der Waals surface area contributed by atoms with E-state index in [1.807, 2.05) is 29.8 Å². The first kappa shape index (κ1) is 17.6. The number of thiazole rings is 1. The van der Waals surface area contributed by atoms with E-state index in [9.17, 15) is 9.18 Å². The third-order valence-electron chi connectivity index (χ3n) is 3.67. The average Bonchev–Trinajstić information content (AvgIpc) is 3.16. The van der Waals surface area contributed by atoms with Gasteiger partial charge in [-0.2, -0.15) is 0 Å². The van der Waals surface area contributed by atoms with Crippen LogP contribution in [-0.4, -0.2) is 28.0 Å². The van der Waals surface area contributed by atoms with Crippen LogP contribution >= 0.6 is 11.3 Å². The molecule has 3 rings (SSSR count). The Labute approximate surface area is 149 Å². The van der Waals surface area contributed by atoms with E-state index in [0.29, 0.717) is 24.0 Å². The molecule has 7 heteroatoms. The van der Waals surface area contributed by atoms with Crippen LogP contribution in [0.3, 0.4) is 0 Å². The fraction of sp³-hybridized carbons (Fsp3) is 0.333. The van der Waals surface area contributed by atoms with Gasteiger partial charge in [-0.1, -0.05) is 13.8 Å². The number of ether oxygens (including phenoxy) is 1. The molecule has 2 heterocycles. The number of nitrogens with one attached hydrogen (secondary N) is 1. The zero-order valence-corrected chi connectivity index (χ0v) is 15.1. The number of hydrogen-bond acceptors (Lipinski definition) is 4. The minimum absolute atomic E-state index is 0.239. The highest BCUT2D eigenvalue weighted by molar-refractivity contribution is 7.15. The summed E-state index contributed by atoms with van der Waals surface area (Å²) in [4.78, 5) is 17.8. The highest BCUT2D eigenvalue weighted by Crippen LogP contribution is 2.31. The normalized spacial score (nSPS) is 12.7. The molecule has 1 N–H and O–H groups in total. The molecule has 0 saturated carbocycles. The van der Waals surface area contributed by atoms with Gasteiger partial charge in [-0.3, -0.25) is 9.20 Å². The maximum absolute atomic E-state index is 13.2. The van der Waals surface area contributed by atoms with E-state index in [1.165, 1.54) is 23.5 Å². The number of carbonyl (C=O) groups is 1. The predicted octanol–water partition coefficient (Wildman–Crippen LogP) is 4.20. The first-order valence-electron chi connectivity index (χ1n) is 8.09. The van der Waals surface area contributed by atoms with Gasteiger partial charge in [0.05, 0.1) is 0 Å². The van der Waals surface area contributed by atoms with Crippen LogP contribution in [0.2, 0.25) is 0 Å². The highest BCUT2D eigenvalue weighted by atomic mass is 32.1. The van der Waals surface area contributed by atoms with Crippen molar-refractivity contribution < 1.29 is 13.9 Å². The number of fused-ring (bicyclic) bond motifs is 1. The van der Waals surface area contributed by atoms with Gasteiger partial charge in [0.25, 0.3) is 5.91 Å². The SMILES string of the molecule is CC(C)CO[C@@H](C)C(=O)Nc1c(-c2ccc(F)cc2)nc2sccn12. The molecule has 1 amide bonds. The summed E-state index contributed by atoms with van der Waals surface area (Å²) < 4.78 is 20.6. The molecule has 25 heavy (non-hydrogen) atoms. The fourth-order valence-electron chi connectivity index (χ4n) is 2.35. The number of benzene rings is 1. The van der Waals surface area contributed by atoms with Gasteiger partial charge < -0.3 is 10.1 Å². The molecule has 5 nitrogen and oxygen atoms in total. The van der Waals surface area contributed by atoms with Gasteiger partial charge in [0.1, 0.15) is 23.4 Å². The summed E-state index contributed by atoms with van der Waals surface area (Å²) in [7, 11) is 0. The Morgan fingerprint density at radius 1 is 1.32 bits per heavy atom. The van der Waals surface area contributed by atoms with Gasteiger partial charge in [0.15, 0.2) is 4.96 Å². The van der Waals surface area contributed by atoms with E-state index in [4.69, 9.17) is 4.74 Å². The minimum Gasteiger partial charge on any atom is -0.368 e. The lowest BCUT2D eigenvalue weighted by Gasteiger charge is -2.15. The van der Waals surface area contributed by atoms with Crippen LogP contribution in [0.4, 0.5) is 10.2 Å². The monoisotopic (exact) mass is 361 g/mol. The topological polar surface area (TPSA) is 55.6 Å². The van der Waals surface area contributed by atoms with Gasteiger partial charge in [-0.25, -0.2) is 9.37 Å². The van der Waals surface area contributed by atoms with Crippen LogP contribution in [0.15, 0.2) is 35.8 Å². The third kappa shape index (κ3) is 3.88. The van der Waals surface area contributed by atoms with Crippen molar-refractivity contribution in [2.24, 2.45) is 5.92 Å². The molecule has 132 valence electrons. The Morgan fingerprint density at radius 3 is 2.72 bits per heavy atom. The molecule has 2 aromatic heterocycles. The molecule has 0 saturated heterocycles. The maximum atomic E-state index is 13.2. The number of rotatable bonds is 6. The van der Waals surface area contributed by atoms with Crippen LogP contribution in [0, 0.1) is 11.7 Å². The molecule has 3 aromatic rings. The third-order valence-corrected chi connectivity index (χ3v) is 4.43. The summed E-state index contributed by atoms with van der Waals surface area (Å²) in [5, 5.41) is 4.80. The van der Waals surface area contributed by atoms with Gasteiger partial charge in [0.2, 0.25) is 0 Å². The van der Waals surface area contributed by atoms with Crippen molar-refractivity contribution in [1.29, 1.82) is 0 Å². The number of halogens is 1. The molecule has 0 spiro atoms. The molecule has 0 radical (unpaired) electrons. The average molecular weight is 361 g/mol. The lowest BCUT2D eigenvalue weighted by atomic mass is 10.1. The van der Waals surface area contributed by atoms with E-state index in [2.05, 4.69) is 10.3 Å². The summed E-state index contributed by atoms with van der Waals surface area (Å²) >= 11 is 1.47. The summed E-state index contributed by atoms with van der Waals surface area (Å²) in [5.41, 5.74) is 1.35. The Kier molecular flexibility index (Phi) is 5.15. The summed E-state index contributed by atoms with van der Waals surface area (Å²) in [6, 6.07) is 6.05. The largest absolute Gasteiger partial charge is 0.368 e. The molecule has 0 unspecified atom stereocenters. The Bertz CT molecular complexity index is 870. The lowest BCUT2D eigenvalue weighted by molar-refractivity contribution is -0.126. The molecule has 0 aliphatic carbocycles. The van der Waals surface area contributed by atoms with E-state index in [0.717, 1.165) is 10.5 Å². The Balaban J connectivity index is 1.89. The Morgan fingerprint density at radius 2 is 2.04 bits per heavy atom. The van der Waals surface area contributed by atoms with Gasteiger partial charge in [0, 0.05) is 23.7 Å². The van der Waals surface area contributed by atoms with Gasteiger partial charge >= 0.3 is 0 Å². The van der Waals surface area contributed by atoms with Crippen molar-refractivity contribution in [1.82, 2.24) is 9.38 Å². The number of nitrogens with zero attached hydrogens (tertiary/aromatic N) is 2.